The van der Waals surface area contributed by atoms with E-state index in [-0.39, 0.29) is 0 Å². The van der Waals surface area contributed by atoms with Crippen LogP contribution in [0, 0.1) is 0 Å². The van der Waals surface area contributed by atoms with Crippen LogP contribution in [0.4, 0.5) is 17.1 Å². The monoisotopic (exact) mass is 675 g/mol. The molecule has 2 aliphatic rings. The van der Waals surface area contributed by atoms with Gasteiger partial charge in [-0.25, -0.2) is 0 Å². The number of hydrogen-bond donors (Lipinski definition) is 0. The second kappa shape index (κ2) is 11.6. The summed E-state index contributed by atoms with van der Waals surface area (Å²) in [6, 6.07) is 72.5. The molecule has 0 bridgehead atoms. The highest BCUT2D eigenvalue weighted by molar-refractivity contribution is 6.12. The van der Waals surface area contributed by atoms with E-state index in [1.54, 1.807) is 0 Å². The molecule has 0 unspecified atom stereocenters. The Kier molecular flexibility index (Phi) is 6.50. The topological polar surface area (TPSA) is 12.5 Å². The highest BCUT2D eigenvalue weighted by atomic mass is 16.5. The number of ether oxygens (including phenoxy) is 1. The number of rotatable bonds is 4. The molecule has 0 atom stereocenters. The molecule has 1 heterocycles. The quantitative estimate of drug-likeness (QED) is 0.172. The second-order valence-electron chi connectivity index (χ2n) is 14.0. The molecule has 0 saturated heterocycles. The summed E-state index contributed by atoms with van der Waals surface area (Å²) in [5.74, 6) is 1.75. The Hall–Kier alpha value is -6.90. The molecule has 0 amide bonds. The third-order valence-electron chi connectivity index (χ3n) is 11.3. The summed E-state index contributed by atoms with van der Waals surface area (Å²) >= 11 is 0. The van der Waals surface area contributed by atoms with Crippen molar-refractivity contribution < 1.29 is 4.74 Å². The molecular weight excluding hydrogens is 643 g/mol. The first-order valence-corrected chi connectivity index (χ1v) is 18.3. The fourth-order valence-electron chi connectivity index (χ4n) is 9.09. The molecule has 9 aromatic carbocycles. The van der Waals surface area contributed by atoms with Gasteiger partial charge in [0, 0.05) is 34.0 Å². The number of benzene rings is 9. The Labute approximate surface area is 308 Å². The summed E-state index contributed by atoms with van der Waals surface area (Å²) in [4.78, 5) is 2.40. The Morgan fingerprint density at radius 2 is 0.981 bits per heavy atom. The maximum absolute atomic E-state index is 6.97. The lowest BCUT2D eigenvalue weighted by molar-refractivity contribution is 0.436. The minimum absolute atomic E-state index is 0.508. The van der Waals surface area contributed by atoms with E-state index >= 15 is 0 Å². The molecule has 2 heteroatoms. The first-order chi connectivity index (χ1) is 26.3. The van der Waals surface area contributed by atoms with Gasteiger partial charge >= 0.3 is 0 Å². The van der Waals surface area contributed by atoms with Gasteiger partial charge in [-0.2, -0.15) is 0 Å². The summed E-state index contributed by atoms with van der Waals surface area (Å²) in [6.45, 7) is 0. The second-order valence-corrected chi connectivity index (χ2v) is 14.0. The van der Waals surface area contributed by atoms with E-state index < -0.39 is 5.41 Å². The number of nitrogens with zero attached hydrogens (tertiary/aromatic N) is 1. The van der Waals surface area contributed by atoms with Crippen molar-refractivity contribution in [1.29, 1.82) is 0 Å². The van der Waals surface area contributed by atoms with Gasteiger partial charge in [0.2, 0.25) is 0 Å². The predicted molar refractivity (Wildman–Crippen MR) is 219 cm³/mol. The predicted octanol–water partition coefficient (Wildman–Crippen LogP) is 13.6. The molecule has 0 N–H and O–H groups in total. The minimum Gasteiger partial charge on any atom is -0.457 e. The van der Waals surface area contributed by atoms with Crippen molar-refractivity contribution in [1.82, 2.24) is 0 Å². The third kappa shape index (κ3) is 4.33. The van der Waals surface area contributed by atoms with Crippen LogP contribution in [0.2, 0.25) is 0 Å². The lowest BCUT2D eigenvalue weighted by Gasteiger charge is -2.40. The van der Waals surface area contributed by atoms with Crippen molar-refractivity contribution in [3.05, 3.63) is 222 Å². The van der Waals surface area contributed by atoms with Gasteiger partial charge in [0.15, 0.2) is 0 Å². The van der Waals surface area contributed by atoms with Gasteiger partial charge in [-0.3, -0.25) is 0 Å². The van der Waals surface area contributed by atoms with E-state index in [2.05, 4.69) is 205 Å². The fourth-order valence-corrected chi connectivity index (χ4v) is 9.09. The SMILES string of the molecule is c1ccc(-c2cccc(N(c3ccc4c(c3)Oc3ccccc3C43c4ccccc4-c4ccccc43)c3cccc4c3ccc3ccccc34)c2)cc1. The Bertz CT molecular complexity index is 2840. The normalized spacial score (nSPS) is 13.2. The van der Waals surface area contributed by atoms with E-state index in [4.69, 9.17) is 4.74 Å². The Morgan fingerprint density at radius 3 is 1.81 bits per heavy atom. The van der Waals surface area contributed by atoms with Crippen molar-refractivity contribution >= 4 is 38.6 Å². The van der Waals surface area contributed by atoms with E-state index in [0.29, 0.717) is 0 Å². The summed E-state index contributed by atoms with van der Waals surface area (Å²) < 4.78 is 6.97. The average Bonchev–Trinajstić information content (AvgIpc) is 3.52. The number of anilines is 3. The van der Waals surface area contributed by atoms with Crippen molar-refractivity contribution in [2.75, 3.05) is 4.90 Å². The standard InChI is InChI=1S/C51H33NO/c1-2-14-34(15-3-1)36-17-12-18-37(32-36)52(48-26-13-22-40-39-19-5-4-16-35(39)28-30-43(40)48)38-29-31-47-50(33-38)53-49-27-11-10-25-46(49)51(47)44-23-8-6-20-41(44)42-21-7-9-24-45(42)51/h1-33H. The van der Waals surface area contributed by atoms with Crippen LogP contribution < -0.4 is 9.64 Å². The summed E-state index contributed by atoms with van der Waals surface area (Å²) in [7, 11) is 0. The van der Waals surface area contributed by atoms with Crippen molar-refractivity contribution in [3.63, 3.8) is 0 Å². The van der Waals surface area contributed by atoms with E-state index in [0.717, 1.165) is 34.1 Å². The van der Waals surface area contributed by atoms with E-state index in [9.17, 15) is 0 Å². The lowest BCUT2D eigenvalue weighted by Crippen LogP contribution is -2.32. The third-order valence-corrected chi connectivity index (χ3v) is 11.3. The number of hydrogen-bond acceptors (Lipinski definition) is 2. The van der Waals surface area contributed by atoms with Gasteiger partial charge in [0.25, 0.3) is 0 Å². The lowest BCUT2D eigenvalue weighted by atomic mass is 9.66. The molecular formula is C51H33NO. The largest absolute Gasteiger partial charge is 0.457 e. The van der Waals surface area contributed by atoms with Gasteiger partial charge in [-0.05, 0) is 79.9 Å². The first-order valence-electron chi connectivity index (χ1n) is 18.3. The minimum atomic E-state index is -0.508. The molecule has 248 valence electrons. The molecule has 0 radical (unpaired) electrons. The number of fused-ring (bicyclic) bond motifs is 12. The van der Waals surface area contributed by atoms with E-state index in [1.807, 2.05) is 0 Å². The van der Waals surface area contributed by atoms with Gasteiger partial charge in [-0.1, -0.05) is 164 Å². The van der Waals surface area contributed by atoms with Crippen molar-refractivity contribution in [2.24, 2.45) is 0 Å². The maximum Gasteiger partial charge on any atom is 0.134 e. The fraction of sp³-hybridized carbons (Fsp3) is 0.0196. The van der Waals surface area contributed by atoms with Gasteiger partial charge in [0.05, 0.1) is 11.1 Å². The zero-order valence-electron chi connectivity index (χ0n) is 28.9. The molecule has 1 aliphatic heterocycles. The molecule has 1 spiro atoms. The van der Waals surface area contributed by atoms with Gasteiger partial charge < -0.3 is 9.64 Å². The molecule has 0 fully saturated rings. The highest BCUT2D eigenvalue weighted by Crippen LogP contribution is 2.62. The van der Waals surface area contributed by atoms with E-state index in [1.165, 1.54) is 60.5 Å². The molecule has 53 heavy (non-hydrogen) atoms. The molecule has 0 aromatic heterocycles. The molecule has 2 nitrogen and oxygen atoms in total. The van der Waals surface area contributed by atoms with Crippen LogP contribution in [0.5, 0.6) is 11.5 Å². The maximum atomic E-state index is 6.97. The van der Waals surface area contributed by atoms with Gasteiger partial charge in [-0.15, -0.1) is 0 Å². The number of para-hydroxylation sites is 1. The van der Waals surface area contributed by atoms with Crippen LogP contribution in [0.15, 0.2) is 200 Å². The molecule has 1 aliphatic carbocycles. The first kappa shape index (κ1) is 29.8. The van der Waals surface area contributed by atoms with Crippen molar-refractivity contribution in [2.45, 2.75) is 5.41 Å². The molecule has 9 aromatic rings. The van der Waals surface area contributed by atoms with Crippen LogP contribution >= 0.6 is 0 Å². The summed E-state index contributed by atoms with van der Waals surface area (Å²) in [5.41, 5.74) is 12.5. The summed E-state index contributed by atoms with van der Waals surface area (Å²) in [5, 5.41) is 4.90. The zero-order chi connectivity index (χ0) is 34.9. The van der Waals surface area contributed by atoms with Crippen LogP contribution in [-0.2, 0) is 5.41 Å². The smallest absolute Gasteiger partial charge is 0.134 e. The Morgan fingerprint density at radius 1 is 0.358 bits per heavy atom. The van der Waals surface area contributed by atoms with Crippen LogP contribution in [-0.4, -0.2) is 0 Å². The zero-order valence-corrected chi connectivity index (χ0v) is 28.9. The van der Waals surface area contributed by atoms with Crippen molar-refractivity contribution in [3.8, 4) is 33.8 Å². The average molecular weight is 676 g/mol. The molecule has 0 saturated carbocycles. The summed E-state index contributed by atoms with van der Waals surface area (Å²) in [6.07, 6.45) is 0. The van der Waals surface area contributed by atoms with Crippen LogP contribution in [0.3, 0.4) is 0 Å². The van der Waals surface area contributed by atoms with Crippen LogP contribution in [0.25, 0.3) is 43.8 Å². The molecule has 11 rings (SSSR count). The Balaban J connectivity index is 1.18. The highest BCUT2D eigenvalue weighted by Gasteiger charge is 2.51. The van der Waals surface area contributed by atoms with Crippen LogP contribution in [0.1, 0.15) is 22.3 Å². The van der Waals surface area contributed by atoms with Gasteiger partial charge in [0.1, 0.15) is 11.5 Å².